The maximum Gasteiger partial charge on any atom is 0.356 e. The van der Waals surface area contributed by atoms with Crippen molar-refractivity contribution in [3.05, 3.63) is 53.0 Å². The molecule has 10 heteroatoms. The lowest BCUT2D eigenvalue weighted by Gasteiger charge is -2.11. The van der Waals surface area contributed by atoms with Gasteiger partial charge in [0.2, 0.25) is 10.0 Å². The molecule has 0 amide bonds. The third kappa shape index (κ3) is 3.36. The van der Waals surface area contributed by atoms with Crippen LogP contribution < -0.4 is 5.14 Å². The number of aromatic amines is 2. The number of carbonyl (C=O) groups is 1. The van der Waals surface area contributed by atoms with Gasteiger partial charge in [-0.05, 0) is 30.5 Å². The predicted octanol–water partition coefficient (Wildman–Crippen LogP) is 0.945. The Bertz CT molecular complexity index is 1100. The van der Waals surface area contributed by atoms with E-state index in [-0.39, 0.29) is 11.5 Å². The second kappa shape index (κ2) is 6.63. The SMILES string of the molecule is NS(=O)(=O)c1ccc(CCOC(=O)c2[nH]nc3c2CCc2[nH]ncc2-3)cc1. The highest BCUT2D eigenvalue weighted by Crippen LogP contribution is 2.32. The van der Waals surface area contributed by atoms with Crippen molar-refractivity contribution in [1.82, 2.24) is 20.4 Å². The molecule has 0 radical (unpaired) electrons. The molecule has 2 aromatic heterocycles. The Kier molecular flexibility index (Phi) is 4.28. The summed E-state index contributed by atoms with van der Waals surface area (Å²) in [5, 5.41) is 19.0. The number of sulfonamides is 1. The number of hydrogen-bond acceptors (Lipinski definition) is 6. The first-order valence-corrected chi connectivity index (χ1v) is 9.87. The second-order valence-corrected chi connectivity index (χ2v) is 7.82. The molecule has 0 unspecified atom stereocenters. The van der Waals surface area contributed by atoms with Gasteiger partial charge in [-0.2, -0.15) is 10.2 Å². The van der Waals surface area contributed by atoms with Gasteiger partial charge in [0.1, 0.15) is 5.69 Å². The molecule has 1 aliphatic carbocycles. The molecule has 140 valence electrons. The van der Waals surface area contributed by atoms with Crippen LogP contribution in [0.25, 0.3) is 11.3 Å². The molecule has 9 nitrogen and oxygen atoms in total. The van der Waals surface area contributed by atoms with Crippen LogP contribution in [0.5, 0.6) is 0 Å². The smallest absolute Gasteiger partial charge is 0.356 e. The van der Waals surface area contributed by atoms with Crippen LogP contribution in [0, 0.1) is 0 Å². The van der Waals surface area contributed by atoms with E-state index in [0.29, 0.717) is 18.5 Å². The number of nitrogens with zero attached hydrogens (tertiary/aromatic N) is 2. The molecule has 0 fully saturated rings. The van der Waals surface area contributed by atoms with Crippen molar-refractivity contribution in [3.63, 3.8) is 0 Å². The van der Waals surface area contributed by atoms with E-state index < -0.39 is 16.0 Å². The van der Waals surface area contributed by atoms with Crippen LogP contribution in [0.2, 0.25) is 0 Å². The number of ether oxygens (including phenoxy) is 1. The molecule has 27 heavy (non-hydrogen) atoms. The summed E-state index contributed by atoms with van der Waals surface area (Å²) in [4.78, 5) is 12.4. The number of aryl methyl sites for hydroxylation is 1. The third-order valence-electron chi connectivity index (χ3n) is 4.55. The Balaban J connectivity index is 1.40. The second-order valence-electron chi connectivity index (χ2n) is 6.26. The fraction of sp³-hybridized carbons (Fsp3) is 0.235. The van der Waals surface area contributed by atoms with Gasteiger partial charge in [-0.15, -0.1) is 0 Å². The van der Waals surface area contributed by atoms with E-state index >= 15 is 0 Å². The summed E-state index contributed by atoms with van der Waals surface area (Å²) in [6.45, 7) is 0.165. The normalized spacial score (nSPS) is 13.1. The van der Waals surface area contributed by atoms with Crippen molar-refractivity contribution in [3.8, 4) is 11.3 Å². The van der Waals surface area contributed by atoms with Gasteiger partial charge in [-0.1, -0.05) is 12.1 Å². The molecular formula is C17H17N5O4S. The zero-order valence-corrected chi connectivity index (χ0v) is 15.0. The monoisotopic (exact) mass is 387 g/mol. The fourth-order valence-electron chi connectivity index (χ4n) is 3.14. The summed E-state index contributed by atoms with van der Waals surface area (Å²) in [6.07, 6.45) is 3.60. The average Bonchev–Trinajstić information content (AvgIpc) is 3.27. The first-order valence-electron chi connectivity index (χ1n) is 8.32. The largest absolute Gasteiger partial charge is 0.461 e. The Labute approximate surface area is 155 Å². The molecule has 1 aromatic carbocycles. The zero-order chi connectivity index (χ0) is 19.0. The molecule has 1 aliphatic rings. The summed E-state index contributed by atoms with van der Waals surface area (Å²) in [7, 11) is -3.71. The van der Waals surface area contributed by atoms with Crippen LogP contribution in [0.15, 0.2) is 35.4 Å². The van der Waals surface area contributed by atoms with E-state index in [2.05, 4.69) is 20.4 Å². The highest BCUT2D eigenvalue weighted by molar-refractivity contribution is 7.89. The quantitative estimate of drug-likeness (QED) is 0.556. The van der Waals surface area contributed by atoms with Crippen LogP contribution in [-0.4, -0.2) is 41.4 Å². The summed E-state index contributed by atoms with van der Waals surface area (Å²) >= 11 is 0. The molecule has 4 N–H and O–H groups in total. The topological polar surface area (TPSA) is 144 Å². The minimum atomic E-state index is -3.71. The van der Waals surface area contributed by atoms with Gasteiger partial charge in [0.25, 0.3) is 0 Å². The number of hydrogen-bond donors (Lipinski definition) is 3. The Hall–Kier alpha value is -2.98. The number of fused-ring (bicyclic) bond motifs is 3. The van der Waals surface area contributed by atoms with E-state index in [1.807, 2.05) is 0 Å². The van der Waals surface area contributed by atoms with Gasteiger partial charge >= 0.3 is 5.97 Å². The highest BCUT2D eigenvalue weighted by atomic mass is 32.2. The maximum atomic E-state index is 12.4. The Morgan fingerprint density at radius 3 is 2.70 bits per heavy atom. The lowest BCUT2D eigenvalue weighted by Crippen LogP contribution is -2.13. The number of carbonyl (C=O) groups excluding carboxylic acids is 1. The molecule has 4 rings (SSSR count). The minimum absolute atomic E-state index is 0.0472. The van der Waals surface area contributed by atoms with Crippen LogP contribution in [0.3, 0.4) is 0 Å². The van der Waals surface area contributed by atoms with Gasteiger partial charge in [0, 0.05) is 23.2 Å². The fourth-order valence-corrected chi connectivity index (χ4v) is 3.65. The van der Waals surface area contributed by atoms with Gasteiger partial charge < -0.3 is 4.74 Å². The molecule has 0 spiro atoms. The van der Waals surface area contributed by atoms with Crippen LogP contribution in [-0.2, 0) is 34.0 Å². The molecule has 0 atom stereocenters. The van der Waals surface area contributed by atoms with E-state index in [9.17, 15) is 13.2 Å². The lowest BCUT2D eigenvalue weighted by molar-refractivity contribution is 0.0501. The molecule has 0 saturated heterocycles. The number of nitrogens with two attached hydrogens (primary N) is 1. The van der Waals surface area contributed by atoms with E-state index in [1.54, 1.807) is 18.3 Å². The molecule has 0 bridgehead atoms. The van der Waals surface area contributed by atoms with E-state index in [4.69, 9.17) is 9.88 Å². The molecule has 0 saturated carbocycles. The zero-order valence-electron chi connectivity index (χ0n) is 14.2. The van der Waals surface area contributed by atoms with Crippen LogP contribution in [0.1, 0.15) is 27.3 Å². The summed E-state index contributed by atoms with van der Waals surface area (Å²) in [6, 6.07) is 6.15. The Morgan fingerprint density at radius 1 is 1.19 bits per heavy atom. The van der Waals surface area contributed by atoms with Crippen molar-refractivity contribution in [2.75, 3.05) is 6.61 Å². The van der Waals surface area contributed by atoms with Crippen molar-refractivity contribution >= 4 is 16.0 Å². The number of primary sulfonamides is 1. The van der Waals surface area contributed by atoms with Gasteiger partial charge in [0.05, 0.1) is 23.4 Å². The molecule has 2 heterocycles. The summed E-state index contributed by atoms with van der Waals surface area (Å²) < 4.78 is 27.8. The lowest BCUT2D eigenvalue weighted by atomic mass is 9.94. The van der Waals surface area contributed by atoms with Crippen LogP contribution in [0.4, 0.5) is 0 Å². The number of rotatable bonds is 5. The number of nitrogens with one attached hydrogen (secondary N) is 2. The van der Waals surface area contributed by atoms with Crippen LogP contribution >= 0.6 is 0 Å². The standard InChI is InChI=1S/C17H17N5O4S/c18-27(24,25)11-3-1-10(2-4-11)7-8-26-17(23)16-12-5-6-14-13(9-19-20-14)15(12)21-22-16/h1-4,9H,5-8H2,(H,19,20)(H,21,22)(H2,18,24,25). The van der Waals surface area contributed by atoms with Gasteiger partial charge in [-0.3, -0.25) is 10.2 Å². The van der Waals surface area contributed by atoms with Gasteiger partial charge in [-0.25, -0.2) is 18.4 Å². The van der Waals surface area contributed by atoms with Gasteiger partial charge in [0.15, 0.2) is 0 Å². The molecule has 0 aliphatic heterocycles. The number of esters is 1. The molecular weight excluding hydrogens is 370 g/mol. The van der Waals surface area contributed by atoms with Crippen molar-refractivity contribution in [2.24, 2.45) is 5.14 Å². The van der Waals surface area contributed by atoms with E-state index in [1.165, 1.54) is 12.1 Å². The van der Waals surface area contributed by atoms with E-state index in [0.717, 1.165) is 34.5 Å². The maximum absolute atomic E-state index is 12.4. The average molecular weight is 387 g/mol. The number of benzene rings is 1. The molecule has 3 aromatic rings. The van der Waals surface area contributed by atoms with Crippen molar-refractivity contribution in [2.45, 2.75) is 24.2 Å². The highest BCUT2D eigenvalue weighted by Gasteiger charge is 2.27. The third-order valence-corrected chi connectivity index (χ3v) is 5.47. The number of aromatic nitrogens is 4. The first-order chi connectivity index (χ1) is 12.9. The Morgan fingerprint density at radius 2 is 1.96 bits per heavy atom. The predicted molar refractivity (Wildman–Crippen MR) is 95.4 cm³/mol. The first kappa shape index (κ1) is 17.4. The van der Waals surface area contributed by atoms with Crippen molar-refractivity contribution < 1.29 is 17.9 Å². The summed E-state index contributed by atoms with van der Waals surface area (Å²) in [5.41, 5.74) is 4.69. The minimum Gasteiger partial charge on any atom is -0.461 e. The number of H-pyrrole nitrogens is 2. The van der Waals surface area contributed by atoms with Crippen molar-refractivity contribution in [1.29, 1.82) is 0 Å². The summed E-state index contributed by atoms with van der Waals surface area (Å²) in [5.74, 6) is -0.461.